The maximum absolute atomic E-state index is 13.8. The standard InChI is InChI=1S/C15H10FNO4/c16-9-3-1-2-7-13(15(19)17-14(7)9)8-4-11-12(5-10(8)18)21-6-20-11/h1-5,13,18H,6H2,(H,17,19). The minimum Gasteiger partial charge on any atom is -0.507 e. The first-order chi connectivity index (χ1) is 10.1. The number of amides is 1. The molecule has 2 aromatic rings. The van der Waals surface area contributed by atoms with E-state index in [-0.39, 0.29) is 24.1 Å². The Morgan fingerprint density at radius 2 is 1.95 bits per heavy atom. The van der Waals surface area contributed by atoms with Gasteiger partial charge >= 0.3 is 0 Å². The number of anilines is 1. The van der Waals surface area contributed by atoms with E-state index in [1.807, 2.05) is 0 Å². The molecule has 0 aromatic heterocycles. The third-order valence-corrected chi connectivity index (χ3v) is 3.70. The Morgan fingerprint density at radius 3 is 2.76 bits per heavy atom. The fourth-order valence-electron chi connectivity index (χ4n) is 2.74. The topological polar surface area (TPSA) is 67.8 Å². The molecule has 2 aliphatic heterocycles. The average Bonchev–Trinajstić information content (AvgIpc) is 3.02. The number of phenols is 1. The number of carbonyl (C=O) groups excluding carboxylic acids is 1. The summed E-state index contributed by atoms with van der Waals surface area (Å²) in [5.74, 6) is -0.857. The highest BCUT2D eigenvalue weighted by atomic mass is 19.1. The van der Waals surface area contributed by atoms with Crippen molar-refractivity contribution in [2.24, 2.45) is 0 Å². The zero-order valence-electron chi connectivity index (χ0n) is 10.7. The number of rotatable bonds is 1. The maximum atomic E-state index is 13.8. The van der Waals surface area contributed by atoms with Gasteiger partial charge in [0, 0.05) is 11.6 Å². The molecule has 5 nitrogen and oxygen atoms in total. The fourth-order valence-corrected chi connectivity index (χ4v) is 2.74. The van der Waals surface area contributed by atoms with Gasteiger partial charge in [0.1, 0.15) is 11.6 Å². The van der Waals surface area contributed by atoms with Crippen molar-refractivity contribution in [3.05, 3.63) is 47.3 Å². The molecule has 2 aliphatic rings. The molecule has 2 aromatic carbocycles. The second-order valence-electron chi connectivity index (χ2n) is 4.89. The van der Waals surface area contributed by atoms with Crippen LogP contribution in [0, 0.1) is 5.82 Å². The molecule has 6 heteroatoms. The van der Waals surface area contributed by atoms with Crippen molar-refractivity contribution in [1.29, 1.82) is 0 Å². The molecule has 0 saturated carbocycles. The summed E-state index contributed by atoms with van der Waals surface area (Å²) in [5.41, 5.74) is 1.01. The summed E-state index contributed by atoms with van der Waals surface area (Å²) in [6, 6.07) is 7.43. The zero-order chi connectivity index (χ0) is 14.6. The number of hydrogen-bond donors (Lipinski definition) is 2. The first-order valence-corrected chi connectivity index (χ1v) is 6.37. The van der Waals surface area contributed by atoms with Crippen molar-refractivity contribution >= 4 is 11.6 Å². The Hall–Kier alpha value is -2.76. The van der Waals surface area contributed by atoms with Crippen LogP contribution in [0.25, 0.3) is 0 Å². The highest BCUT2D eigenvalue weighted by molar-refractivity contribution is 6.05. The largest absolute Gasteiger partial charge is 0.507 e. The summed E-state index contributed by atoms with van der Waals surface area (Å²) in [5, 5.41) is 12.7. The van der Waals surface area contributed by atoms with Crippen LogP contribution >= 0.6 is 0 Å². The number of halogens is 1. The molecular formula is C15H10FNO4. The Balaban J connectivity index is 1.89. The molecule has 4 rings (SSSR count). The van der Waals surface area contributed by atoms with E-state index in [2.05, 4.69) is 5.32 Å². The quantitative estimate of drug-likeness (QED) is 0.844. The summed E-state index contributed by atoms with van der Waals surface area (Å²) in [7, 11) is 0. The zero-order valence-corrected chi connectivity index (χ0v) is 10.7. The van der Waals surface area contributed by atoms with Crippen LogP contribution in [0.2, 0.25) is 0 Å². The number of nitrogens with one attached hydrogen (secondary N) is 1. The van der Waals surface area contributed by atoms with Crippen LogP contribution in [-0.4, -0.2) is 17.8 Å². The lowest BCUT2D eigenvalue weighted by Crippen LogP contribution is -2.13. The molecule has 106 valence electrons. The van der Waals surface area contributed by atoms with Crippen LogP contribution in [0.3, 0.4) is 0 Å². The van der Waals surface area contributed by atoms with Gasteiger partial charge in [-0.3, -0.25) is 4.79 Å². The van der Waals surface area contributed by atoms with Crippen LogP contribution in [0.1, 0.15) is 17.0 Å². The van der Waals surface area contributed by atoms with Crippen molar-refractivity contribution in [2.45, 2.75) is 5.92 Å². The van der Waals surface area contributed by atoms with Gasteiger partial charge in [-0.1, -0.05) is 12.1 Å². The molecule has 0 fully saturated rings. The van der Waals surface area contributed by atoms with Gasteiger partial charge in [-0.2, -0.15) is 0 Å². The minimum atomic E-state index is -0.773. The van der Waals surface area contributed by atoms with E-state index in [1.165, 1.54) is 18.2 Å². The van der Waals surface area contributed by atoms with Crippen LogP contribution in [-0.2, 0) is 4.79 Å². The molecule has 1 unspecified atom stereocenters. The van der Waals surface area contributed by atoms with Gasteiger partial charge in [0.05, 0.1) is 11.6 Å². The van der Waals surface area contributed by atoms with Crippen molar-refractivity contribution < 1.29 is 23.8 Å². The summed E-state index contributed by atoms with van der Waals surface area (Å²) >= 11 is 0. The molecule has 2 N–H and O–H groups in total. The van der Waals surface area contributed by atoms with E-state index >= 15 is 0 Å². The van der Waals surface area contributed by atoms with Crippen LogP contribution in [0.5, 0.6) is 17.2 Å². The van der Waals surface area contributed by atoms with Crippen molar-refractivity contribution in [3.63, 3.8) is 0 Å². The van der Waals surface area contributed by atoms with E-state index in [4.69, 9.17) is 9.47 Å². The van der Waals surface area contributed by atoms with Crippen molar-refractivity contribution in [3.8, 4) is 17.2 Å². The summed E-state index contributed by atoms with van der Waals surface area (Å²) in [4.78, 5) is 12.2. The first kappa shape index (κ1) is 12.0. The predicted molar refractivity (Wildman–Crippen MR) is 71.1 cm³/mol. The second-order valence-corrected chi connectivity index (χ2v) is 4.89. The van der Waals surface area contributed by atoms with Gasteiger partial charge in [-0.05, 0) is 17.7 Å². The molecule has 0 spiro atoms. The van der Waals surface area contributed by atoms with Gasteiger partial charge in [0.25, 0.3) is 0 Å². The van der Waals surface area contributed by atoms with E-state index < -0.39 is 11.7 Å². The van der Waals surface area contributed by atoms with E-state index in [1.54, 1.807) is 12.1 Å². The summed E-state index contributed by atoms with van der Waals surface area (Å²) in [6.45, 7) is 0.0697. The van der Waals surface area contributed by atoms with Gasteiger partial charge < -0.3 is 19.9 Å². The number of aromatic hydroxyl groups is 1. The number of para-hydroxylation sites is 1. The molecule has 1 atom stereocenters. The highest BCUT2D eigenvalue weighted by Crippen LogP contribution is 2.46. The highest BCUT2D eigenvalue weighted by Gasteiger charge is 2.36. The summed E-state index contributed by atoms with van der Waals surface area (Å²) in [6.07, 6.45) is 0. The van der Waals surface area contributed by atoms with Crippen LogP contribution in [0.4, 0.5) is 10.1 Å². The van der Waals surface area contributed by atoms with E-state index in [9.17, 15) is 14.3 Å². The lowest BCUT2D eigenvalue weighted by molar-refractivity contribution is -0.116. The SMILES string of the molecule is O=C1Nc2c(F)cccc2C1c1cc2c(cc1O)OCO2. The maximum Gasteiger partial charge on any atom is 0.236 e. The number of fused-ring (bicyclic) bond motifs is 2. The predicted octanol–water partition coefficient (Wildman–Crippen LogP) is 2.34. The van der Waals surface area contributed by atoms with E-state index in [0.29, 0.717) is 22.6 Å². The molecular weight excluding hydrogens is 277 g/mol. The Morgan fingerprint density at radius 1 is 1.19 bits per heavy atom. The van der Waals surface area contributed by atoms with Gasteiger partial charge in [-0.15, -0.1) is 0 Å². The normalized spacial score (nSPS) is 18.5. The number of benzene rings is 2. The summed E-state index contributed by atoms with van der Waals surface area (Å²) < 4.78 is 24.2. The molecule has 0 saturated heterocycles. The van der Waals surface area contributed by atoms with Crippen LogP contribution < -0.4 is 14.8 Å². The molecule has 0 aliphatic carbocycles. The van der Waals surface area contributed by atoms with Crippen LogP contribution in [0.15, 0.2) is 30.3 Å². The van der Waals surface area contributed by atoms with Gasteiger partial charge in [0.2, 0.25) is 12.7 Å². The third-order valence-electron chi connectivity index (χ3n) is 3.70. The molecule has 1 amide bonds. The molecule has 0 radical (unpaired) electrons. The smallest absolute Gasteiger partial charge is 0.236 e. The van der Waals surface area contributed by atoms with Crippen molar-refractivity contribution in [1.82, 2.24) is 0 Å². The third kappa shape index (κ3) is 1.65. The first-order valence-electron chi connectivity index (χ1n) is 6.37. The monoisotopic (exact) mass is 287 g/mol. The number of ether oxygens (including phenoxy) is 2. The average molecular weight is 287 g/mol. The van der Waals surface area contributed by atoms with Gasteiger partial charge in [-0.25, -0.2) is 4.39 Å². The second kappa shape index (κ2) is 4.12. The molecule has 2 heterocycles. The lowest BCUT2D eigenvalue weighted by atomic mass is 9.91. The van der Waals surface area contributed by atoms with Crippen molar-refractivity contribution in [2.75, 3.05) is 12.1 Å². The van der Waals surface area contributed by atoms with Gasteiger partial charge in [0.15, 0.2) is 11.5 Å². The molecule has 0 bridgehead atoms. The Kier molecular flexibility index (Phi) is 2.35. The van der Waals surface area contributed by atoms with E-state index in [0.717, 1.165) is 0 Å². The Bertz CT molecular complexity index is 775. The number of hydrogen-bond acceptors (Lipinski definition) is 4. The lowest BCUT2D eigenvalue weighted by Gasteiger charge is -2.12. The molecule has 21 heavy (non-hydrogen) atoms. The fraction of sp³-hybridized carbons (Fsp3) is 0.133. The minimum absolute atomic E-state index is 0.0697. The Labute approximate surface area is 118 Å². The number of carbonyl (C=O) groups is 1. The number of phenolic OH excluding ortho intramolecular Hbond substituents is 1.